The van der Waals surface area contributed by atoms with Crippen molar-refractivity contribution in [2.24, 2.45) is 0 Å². The summed E-state index contributed by atoms with van der Waals surface area (Å²) in [5.74, 6) is -0.940. The molecule has 0 saturated heterocycles. The van der Waals surface area contributed by atoms with Gasteiger partial charge in [0, 0.05) is 19.3 Å². The fraction of sp³-hybridized carbons (Fsp3) is 0.635. The van der Waals surface area contributed by atoms with E-state index in [4.69, 9.17) is 14.2 Å². The monoisotopic (exact) mass is 955 g/mol. The molecule has 0 rings (SSSR count). The number of rotatable bonds is 49. The van der Waals surface area contributed by atoms with Crippen LogP contribution in [0.1, 0.15) is 239 Å². The molecule has 390 valence electrons. The lowest BCUT2D eigenvalue weighted by atomic mass is 10.1. The highest BCUT2D eigenvalue weighted by atomic mass is 16.6. The molecule has 1 unspecified atom stereocenters. The second kappa shape index (κ2) is 56.4. The van der Waals surface area contributed by atoms with Crippen LogP contribution in [0.2, 0.25) is 0 Å². The first kappa shape index (κ1) is 64.8. The molecule has 0 aromatic heterocycles. The average Bonchev–Trinajstić information content (AvgIpc) is 3.35. The van der Waals surface area contributed by atoms with Crippen molar-refractivity contribution < 1.29 is 28.6 Å². The van der Waals surface area contributed by atoms with Gasteiger partial charge < -0.3 is 14.2 Å². The maximum absolute atomic E-state index is 12.8. The SMILES string of the molecule is CC/C=C\C/C=C\C/C=C\C/C=C\C/C=C\C/C=C\CCCCCCCCC(=O)OCC(COC(=O)CCCCCCCCCCC)OC(=O)CCCCCC/C=C\C/C=C\C/C=C\C/C=C\CC. The molecule has 6 heteroatoms. The topological polar surface area (TPSA) is 78.9 Å². The van der Waals surface area contributed by atoms with Gasteiger partial charge in [0.15, 0.2) is 6.10 Å². The number of unbranched alkanes of at least 4 members (excludes halogenated alkanes) is 18. The van der Waals surface area contributed by atoms with Crippen molar-refractivity contribution in [2.45, 2.75) is 245 Å². The summed E-state index contributed by atoms with van der Waals surface area (Å²) < 4.78 is 16.8. The van der Waals surface area contributed by atoms with Gasteiger partial charge in [-0.3, -0.25) is 14.4 Å². The molecule has 0 radical (unpaired) electrons. The number of esters is 3. The van der Waals surface area contributed by atoms with E-state index in [2.05, 4.69) is 142 Å². The average molecular weight is 956 g/mol. The lowest BCUT2D eigenvalue weighted by molar-refractivity contribution is -0.167. The van der Waals surface area contributed by atoms with Gasteiger partial charge in [-0.1, -0.05) is 232 Å². The molecule has 0 bridgehead atoms. The maximum atomic E-state index is 12.8. The Balaban J connectivity index is 4.36. The summed E-state index contributed by atoms with van der Waals surface area (Å²) in [6, 6.07) is 0. The minimum Gasteiger partial charge on any atom is -0.462 e. The molecule has 0 heterocycles. The molecule has 0 N–H and O–H groups in total. The third-order valence-corrected chi connectivity index (χ3v) is 11.5. The van der Waals surface area contributed by atoms with Crippen LogP contribution in [-0.2, 0) is 28.6 Å². The summed E-state index contributed by atoms with van der Waals surface area (Å²) in [6.07, 6.45) is 77.6. The third-order valence-electron chi connectivity index (χ3n) is 11.5. The highest BCUT2D eigenvalue weighted by Gasteiger charge is 2.19. The van der Waals surface area contributed by atoms with Crippen LogP contribution in [0.5, 0.6) is 0 Å². The summed E-state index contributed by atoms with van der Waals surface area (Å²) in [5, 5.41) is 0. The molecule has 69 heavy (non-hydrogen) atoms. The quantitative estimate of drug-likeness (QED) is 0.0262. The van der Waals surface area contributed by atoms with E-state index in [0.717, 1.165) is 148 Å². The van der Waals surface area contributed by atoms with Crippen molar-refractivity contribution in [3.05, 3.63) is 122 Å². The summed E-state index contributed by atoms with van der Waals surface area (Å²) in [4.78, 5) is 38.0. The first-order valence-corrected chi connectivity index (χ1v) is 28.0. The lowest BCUT2D eigenvalue weighted by Crippen LogP contribution is -2.30. The molecule has 6 nitrogen and oxygen atoms in total. The van der Waals surface area contributed by atoms with Crippen LogP contribution in [0, 0.1) is 0 Å². The van der Waals surface area contributed by atoms with Gasteiger partial charge in [0.05, 0.1) is 0 Å². The van der Waals surface area contributed by atoms with Crippen molar-refractivity contribution in [2.75, 3.05) is 13.2 Å². The number of allylic oxidation sites excluding steroid dienone is 20. The first-order valence-electron chi connectivity index (χ1n) is 28.0. The fourth-order valence-electron chi connectivity index (χ4n) is 7.32. The van der Waals surface area contributed by atoms with Crippen molar-refractivity contribution in [1.82, 2.24) is 0 Å². The van der Waals surface area contributed by atoms with Crippen molar-refractivity contribution >= 4 is 17.9 Å². The second-order valence-electron chi connectivity index (χ2n) is 18.1. The van der Waals surface area contributed by atoms with Crippen LogP contribution in [0.4, 0.5) is 0 Å². The molecule has 0 aromatic carbocycles. The molecule has 1 atom stereocenters. The molecule has 0 fully saturated rings. The van der Waals surface area contributed by atoms with Crippen LogP contribution in [0.25, 0.3) is 0 Å². The summed E-state index contributed by atoms with van der Waals surface area (Å²) >= 11 is 0. The Hall–Kier alpha value is -4.19. The number of ether oxygens (including phenoxy) is 3. The maximum Gasteiger partial charge on any atom is 0.306 e. The number of hydrogen-bond acceptors (Lipinski definition) is 6. The van der Waals surface area contributed by atoms with E-state index in [1.54, 1.807) is 0 Å². The molecule has 0 spiro atoms. The van der Waals surface area contributed by atoms with Crippen molar-refractivity contribution in [3.63, 3.8) is 0 Å². The minimum atomic E-state index is -0.798. The van der Waals surface area contributed by atoms with Gasteiger partial charge in [-0.05, 0) is 109 Å². The van der Waals surface area contributed by atoms with Gasteiger partial charge in [-0.25, -0.2) is 0 Å². The van der Waals surface area contributed by atoms with Gasteiger partial charge in [0.25, 0.3) is 0 Å². The van der Waals surface area contributed by atoms with Gasteiger partial charge >= 0.3 is 17.9 Å². The Kier molecular flexibility index (Phi) is 53.0. The van der Waals surface area contributed by atoms with Crippen molar-refractivity contribution in [3.8, 4) is 0 Å². The van der Waals surface area contributed by atoms with Crippen LogP contribution >= 0.6 is 0 Å². The van der Waals surface area contributed by atoms with E-state index >= 15 is 0 Å². The predicted octanol–water partition coefficient (Wildman–Crippen LogP) is 18.9. The highest BCUT2D eigenvalue weighted by molar-refractivity contribution is 5.71. The van der Waals surface area contributed by atoms with E-state index in [1.807, 2.05) is 0 Å². The second-order valence-corrected chi connectivity index (χ2v) is 18.1. The van der Waals surface area contributed by atoms with Crippen molar-refractivity contribution in [1.29, 1.82) is 0 Å². The zero-order valence-electron chi connectivity index (χ0n) is 44.5. The molecular weight excluding hydrogens is 853 g/mol. The highest BCUT2D eigenvalue weighted by Crippen LogP contribution is 2.14. The number of hydrogen-bond donors (Lipinski definition) is 0. The molecular formula is C63H102O6. The Labute approximate surface area is 424 Å². The molecule has 0 aromatic rings. The van der Waals surface area contributed by atoms with Gasteiger partial charge in [0.2, 0.25) is 0 Å². The molecule has 0 aliphatic rings. The Morgan fingerprint density at radius 3 is 0.884 bits per heavy atom. The smallest absolute Gasteiger partial charge is 0.306 e. The zero-order chi connectivity index (χ0) is 50.0. The van der Waals surface area contributed by atoms with E-state index in [-0.39, 0.29) is 31.1 Å². The largest absolute Gasteiger partial charge is 0.462 e. The van der Waals surface area contributed by atoms with E-state index < -0.39 is 6.10 Å². The van der Waals surface area contributed by atoms with Crippen LogP contribution in [-0.4, -0.2) is 37.2 Å². The number of carbonyl (C=O) groups is 3. The predicted molar refractivity (Wildman–Crippen MR) is 297 cm³/mol. The number of carbonyl (C=O) groups excluding carboxylic acids is 3. The third kappa shape index (κ3) is 54.6. The normalized spacial score (nSPS) is 13.0. The zero-order valence-corrected chi connectivity index (χ0v) is 44.5. The lowest BCUT2D eigenvalue weighted by Gasteiger charge is -2.18. The van der Waals surface area contributed by atoms with E-state index in [0.29, 0.717) is 19.3 Å². The van der Waals surface area contributed by atoms with Gasteiger partial charge in [-0.2, -0.15) is 0 Å². The van der Waals surface area contributed by atoms with E-state index in [1.165, 1.54) is 51.4 Å². The molecule has 0 aliphatic heterocycles. The van der Waals surface area contributed by atoms with Crippen LogP contribution < -0.4 is 0 Å². The molecule has 0 aliphatic carbocycles. The Morgan fingerprint density at radius 1 is 0.304 bits per heavy atom. The van der Waals surface area contributed by atoms with Crippen LogP contribution in [0.15, 0.2) is 122 Å². The van der Waals surface area contributed by atoms with Gasteiger partial charge in [-0.15, -0.1) is 0 Å². The summed E-state index contributed by atoms with van der Waals surface area (Å²) in [7, 11) is 0. The van der Waals surface area contributed by atoms with E-state index in [9.17, 15) is 14.4 Å². The van der Waals surface area contributed by atoms with Crippen LogP contribution in [0.3, 0.4) is 0 Å². The fourth-order valence-corrected chi connectivity index (χ4v) is 7.32. The van der Waals surface area contributed by atoms with Gasteiger partial charge in [0.1, 0.15) is 13.2 Å². The summed E-state index contributed by atoms with van der Waals surface area (Å²) in [5.41, 5.74) is 0. The Morgan fingerprint density at radius 2 is 0.565 bits per heavy atom. The minimum absolute atomic E-state index is 0.0945. The molecule has 0 amide bonds. The first-order chi connectivity index (χ1) is 34.0. The Bertz CT molecular complexity index is 1470. The summed E-state index contributed by atoms with van der Waals surface area (Å²) in [6.45, 7) is 6.35. The standard InChI is InChI=1S/C63H102O6/c1-4-7-10-13-16-19-21-23-25-27-28-29-30-31-32-33-34-36-37-39-41-44-47-50-53-56-62(65)68-59-60(58-67-61(64)55-52-49-46-43-18-15-12-9-6-3)69-63(66)57-54-51-48-45-42-40-38-35-26-24-22-20-17-14-11-8-5-2/h7-8,10-11,16-17,19-20,23-26,28-29,31-32,34,36,38,40,60H,4-6,9,12-15,18,21-22,27,30,33,35,37,39,41-59H2,1-3H3/b10-7-,11-8-,19-16-,20-17-,25-23-,26-24-,29-28-,32-31-,36-34-,40-38-. The molecule has 0 saturated carbocycles.